The maximum atomic E-state index is 11.9. The molecule has 1 heterocycles. The van der Waals surface area contributed by atoms with Crippen LogP contribution in [0.4, 0.5) is 0 Å². The van der Waals surface area contributed by atoms with Crippen LogP contribution in [0.25, 0.3) is 11.0 Å². The number of benzene rings is 1. The Hall–Kier alpha value is -1.84. The molecular weight excluding hydrogens is 264 g/mol. The van der Waals surface area contributed by atoms with Crippen LogP contribution in [0.1, 0.15) is 45.4 Å². The fourth-order valence-electron chi connectivity index (χ4n) is 2.39. The molecule has 2 rings (SSSR count). The van der Waals surface area contributed by atoms with E-state index in [1.165, 1.54) is 12.8 Å². The van der Waals surface area contributed by atoms with Gasteiger partial charge >= 0.3 is 5.97 Å². The molecule has 1 unspecified atom stereocenters. The fraction of sp³-hybridized carbons (Fsp3) is 0.529. The smallest absolute Gasteiger partial charge is 0.313 e. The van der Waals surface area contributed by atoms with Crippen molar-refractivity contribution in [1.29, 1.82) is 0 Å². The molecule has 4 nitrogen and oxygen atoms in total. The van der Waals surface area contributed by atoms with Crippen molar-refractivity contribution in [1.82, 2.24) is 9.97 Å². The van der Waals surface area contributed by atoms with Gasteiger partial charge in [0.05, 0.1) is 17.6 Å². The number of hydrogen-bond acceptors (Lipinski definition) is 3. The normalized spacial score (nSPS) is 12.5. The Labute approximate surface area is 125 Å². The lowest BCUT2D eigenvalue weighted by Crippen LogP contribution is -2.16. The highest BCUT2D eigenvalue weighted by molar-refractivity contribution is 5.77. The third-order valence-electron chi connectivity index (χ3n) is 3.77. The Morgan fingerprint density at radius 2 is 2.14 bits per heavy atom. The molecule has 0 spiro atoms. The van der Waals surface area contributed by atoms with E-state index >= 15 is 0 Å². The molecule has 0 aliphatic carbocycles. The van der Waals surface area contributed by atoms with Gasteiger partial charge in [-0.2, -0.15) is 0 Å². The van der Waals surface area contributed by atoms with E-state index in [0.29, 0.717) is 18.3 Å². The Kier molecular flexibility index (Phi) is 5.78. The predicted octanol–water partition coefficient (Wildman–Crippen LogP) is 3.87. The molecular formula is C17H24N2O2. The minimum absolute atomic E-state index is 0.205. The molecule has 2 aromatic rings. The molecule has 1 atom stereocenters. The summed E-state index contributed by atoms with van der Waals surface area (Å²) in [7, 11) is 0. The van der Waals surface area contributed by atoms with Crippen LogP contribution in [0.2, 0.25) is 0 Å². The van der Waals surface area contributed by atoms with E-state index in [4.69, 9.17) is 4.74 Å². The average Bonchev–Trinajstić information content (AvgIpc) is 2.89. The van der Waals surface area contributed by atoms with Crippen LogP contribution in [0.5, 0.6) is 0 Å². The van der Waals surface area contributed by atoms with Crippen molar-refractivity contribution in [3.05, 3.63) is 30.1 Å². The summed E-state index contributed by atoms with van der Waals surface area (Å²) in [5.41, 5.74) is 1.84. The molecule has 0 aliphatic rings. The van der Waals surface area contributed by atoms with Crippen LogP contribution in [-0.4, -0.2) is 22.5 Å². The van der Waals surface area contributed by atoms with Crippen molar-refractivity contribution in [3.63, 3.8) is 0 Å². The first-order valence-corrected chi connectivity index (χ1v) is 7.82. The van der Waals surface area contributed by atoms with Gasteiger partial charge < -0.3 is 9.72 Å². The van der Waals surface area contributed by atoms with Crippen molar-refractivity contribution < 1.29 is 9.53 Å². The Morgan fingerprint density at radius 1 is 1.33 bits per heavy atom. The lowest BCUT2D eigenvalue weighted by atomic mass is 10.0. The Bertz CT molecular complexity index is 544. The summed E-state index contributed by atoms with van der Waals surface area (Å²) in [5.74, 6) is 0.941. The topological polar surface area (TPSA) is 55.0 Å². The highest BCUT2D eigenvalue weighted by Gasteiger charge is 2.12. The number of carbonyl (C=O) groups is 1. The second kappa shape index (κ2) is 7.81. The van der Waals surface area contributed by atoms with Crippen molar-refractivity contribution in [3.8, 4) is 0 Å². The molecule has 0 radical (unpaired) electrons. The first-order valence-electron chi connectivity index (χ1n) is 7.82. The second-order valence-corrected chi connectivity index (χ2v) is 5.48. The van der Waals surface area contributed by atoms with Crippen LogP contribution in [0.3, 0.4) is 0 Å². The highest BCUT2D eigenvalue weighted by Crippen LogP contribution is 2.14. The summed E-state index contributed by atoms with van der Waals surface area (Å²) in [5, 5.41) is 0. The van der Waals surface area contributed by atoms with Gasteiger partial charge in [0.15, 0.2) is 0 Å². The number of esters is 1. The minimum Gasteiger partial charge on any atom is -0.465 e. The van der Waals surface area contributed by atoms with Crippen molar-refractivity contribution in [2.75, 3.05) is 6.61 Å². The molecule has 1 N–H and O–H groups in total. The Balaban J connectivity index is 1.83. The monoisotopic (exact) mass is 288 g/mol. The third kappa shape index (κ3) is 4.59. The number of nitrogens with one attached hydrogen (secondary N) is 1. The van der Waals surface area contributed by atoms with Crippen LogP contribution in [0.15, 0.2) is 24.3 Å². The van der Waals surface area contributed by atoms with Gasteiger partial charge in [-0.3, -0.25) is 4.79 Å². The summed E-state index contributed by atoms with van der Waals surface area (Å²) in [6.45, 7) is 4.85. The molecule has 1 aromatic carbocycles. The molecule has 21 heavy (non-hydrogen) atoms. The number of aromatic nitrogens is 2. The van der Waals surface area contributed by atoms with E-state index in [-0.39, 0.29) is 12.4 Å². The van der Waals surface area contributed by atoms with Gasteiger partial charge in [-0.1, -0.05) is 45.2 Å². The minimum atomic E-state index is -0.205. The first kappa shape index (κ1) is 15.5. The van der Waals surface area contributed by atoms with Crippen molar-refractivity contribution >= 4 is 17.0 Å². The van der Waals surface area contributed by atoms with Gasteiger partial charge in [0.2, 0.25) is 0 Å². The number of nitrogens with zero attached hydrogens (tertiary/aromatic N) is 1. The number of aromatic amines is 1. The van der Waals surface area contributed by atoms with Crippen LogP contribution in [-0.2, 0) is 16.0 Å². The highest BCUT2D eigenvalue weighted by atomic mass is 16.5. The van der Waals surface area contributed by atoms with Crippen molar-refractivity contribution in [2.24, 2.45) is 5.92 Å². The summed E-state index contributed by atoms with van der Waals surface area (Å²) >= 11 is 0. The summed E-state index contributed by atoms with van der Waals surface area (Å²) in [6.07, 6.45) is 4.77. The van der Waals surface area contributed by atoms with Gasteiger partial charge in [0, 0.05) is 0 Å². The second-order valence-electron chi connectivity index (χ2n) is 5.48. The van der Waals surface area contributed by atoms with E-state index in [2.05, 4.69) is 23.8 Å². The van der Waals surface area contributed by atoms with Crippen LogP contribution >= 0.6 is 0 Å². The lowest BCUT2D eigenvalue weighted by Gasteiger charge is -2.14. The number of H-pyrrole nitrogens is 1. The van der Waals surface area contributed by atoms with Crippen LogP contribution < -0.4 is 0 Å². The predicted molar refractivity (Wildman–Crippen MR) is 84.1 cm³/mol. The number of rotatable bonds is 8. The largest absolute Gasteiger partial charge is 0.465 e. The number of fused-ring (bicyclic) bond motifs is 1. The maximum Gasteiger partial charge on any atom is 0.313 e. The van der Waals surface area contributed by atoms with Gasteiger partial charge in [-0.05, 0) is 24.5 Å². The Morgan fingerprint density at radius 3 is 2.86 bits per heavy atom. The molecule has 0 fully saturated rings. The van der Waals surface area contributed by atoms with E-state index in [9.17, 15) is 4.79 Å². The van der Waals surface area contributed by atoms with E-state index in [0.717, 1.165) is 23.9 Å². The number of hydrogen-bond donors (Lipinski definition) is 1. The first-order chi connectivity index (χ1) is 10.2. The van der Waals surface area contributed by atoms with E-state index in [1.807, 2.05) is 24.3 Å². The number of ether oxygens (including phenoxy) is 1. The zero-order valence-corrected chi connectivity index (χ0v) is 12.9. The summed E-state index contributed by atoms with van der Waals surface area (Å²) in [4.78, 5) is 19.4. The molecule has 0 saturated carbocycles. The number of imidazole rings is 1. The van der Waals surface area contributed by atoms with Crippen LogP contribution in [0, 0.1) is 5.92 Å². The SMILES string of the molecule is CCCCC(CC)COC(=O)Cc1nc2ccccc2[nH]1. The number of carbonyl (C=O) groups excluding carboxylic acids is 1. The zero-order valence-electron chi connectivity index (χ0n) is 12.9. The number of para-hydroxylation sites is 2. The van der Waals surface area contributed by atoms with E-state index in [1.54, 1.807) is 0 Å². The van der Waals surface area contributed by atoms with Gasteiger partial charge in [-0.25, -0.2) is 4.98 Å². The maximum absolute atomic E-state index is 11.9. The van der Waals surface area contributed by atoms with Crippen molar-refractivity contribution in [2.45, 2.75) is 46.0 Å². The number of unbranched alkanes of at least 4 members (excludes halogenated alkanes) is 1. The van der Waals surface area contributed by atoms with Gasteiger partial charge in [0.25, 0.3) is 0 Å². The van der Waals surface area contributed by atoms with E-state index < -0.39 is 0 Å². The molecule has 1 aromatic heterocycles. The standard InChI is InChI=1S/C17H24N2O2/c1-3-5-8-13(4-2)12-21-17(20)11-16-18-14-9-6-7-10-15(14)19-16/h6-7,9-10,13H,3-5,8,11-12H2,1-2H3,(H,18,19). The third-order valence-corrected chi connectivity index (χ3v) is 3.77. The summed E-state index contributed by atoms with van der Waals surface area (Å²) in [6, 6.07) is 7.76. The average molecular weight is 288 g/mol. The quantitative estimate of drug-likeness (QED) is 0.750. The molecule has 0 saturated heterocycles. The van der Waals surface area contributed by atoms with Gasteiger partial charge in [0.1, 0.15) is 12.2 Å². The zero-order chi connectivity index (χ0) is 15.1. The molecule has 0 bridgehead atoms. The fourth-order valence-corrected chi connectivity index (χ4v) is 2.39. The summed E-state index contributed by atoms with van der Waals surface area (Å²) < 4.78 is 5.39. The lowest BCUT2D eigenvalue weighted by molar-refractivity contribution is -0.144. The molecule has 114 valence electrons. The molecule has 4 heteroatoms. The molecule has 0 amide bonds. The van der Waals surface area contributed by atoms with Gasteiger partial charge in [-0.15, -0.1) is 0 Å². The molecule has 0 aliphatic heterocycles.